The first-order chi connectivity index (χ1) is 17.0. The average molecular weight is 495 g/mol. The summed E-state index contributed by atoms with van der Waals surface area (Å²) in [5.41, 5.74) is -0.478. The van der Waals surface area contributed by atoms with E-state index in [2.05, 4.69) is 27.7 Å². The van der Waals surface area contributed by atoms with Gasteiger partial charge in [-0.2, -0.15) is 0 Å². The van der Waals surface area contributed by atoms with Gasteiger partial charge in [0.2, 0.25) is 0 Å². The lowest BCUT2D eigenvalue weighted by Gasteiger charge is -2.32. The number of carboxylic acids is 1. The summed E-state index contributed by atoms with van der Waals surface area (Å²) in [6, 6.07) is 0. The summed E-state index contributed by atoms with van der Waals surface area (Å²) < 4.78 is 0. The molecule has 0 spiro atoms. The second-order valence-electron chi connectivity index (χ2n) is 11.9. The number of carbonyl (C=O) groups is 1. The van der Waals surface area contributed by atoms with Crippen LogP contribution in [0.15, 0.2) is 0 Å². The number of aliphatic carboxylic acids is 1. The molecular weight excluding hydrogens is 428 g/mol. The molecule has 0 bridgehead atoms. The maximum Gasteiger partial charge on any atom is 0.309 e. The molecule has 0 rings (SSSR count). The summed E-state index contributed by atoms with van der Waals surface area (Å²) in [7, 11) is 0. The van der Waals surface area contributed by atoms with Crippen molar-refractivity contribution in [2.75, 3.05) is 0 Å². The van der Waals surface area contributed by atoms with E-state index < -0.39 is 11.4 Å². The van der Waals surface area contributed by atoms with Crippen molar-refractivity contribution < 1.29 is 9.90 Å². The molecule has 210 valence electrons. The van der Waals surface area contributed by atoms with E-state index in [1.165, 1.54) is 135 Å². The van der Waals surface area contributed by atoms with Crippen molar-refractivity contribution >= 4 is 5.97 Å². The van der Waals surface area contributed by atoms with Gasteiger partial charge in [-0.1, -0.05) is 175 Å². The van der Waals surface area contributed by atoms with E-state index in [0.717, 1.165) is 32.1 Å². The molecule has 2 atom stereocenters. The van der Waals surface area contributed by atoms with Crippen LogP contribution in [0.2, 0.25) is 0 Å². The van der Waals surface area contributed by atoms with Crippen LogP contribution in [-0.2, 0) is 4.79 Å². The number of hydrogen-bond acceptors (Lipinski definition) is 1. The van der Waals surface area contributed by atoms with E-state index in [9.17, 15) is 9.90 Å². The minimum Gasteiger partial charge on any atom is -0.481 e. The molecule has 0 aliphatic carbocycles. The van der Waals surface area contributed by atoms with E-state index in [0.29, 0.717) is 5.92 Å². The second kappa shape index (κ2) is 25.1. The van der Waals surface area contributed by atoms with Gasteiger partial charge in [-0.3, -0.25) is 4.79 Å². The molecule has 2 unspecified atom stereocenters. The van der Waals surface area contributed by atoms with Gasteiger partial charge in [0.15, 0.2) is 0 Å². The lowest BCUT2D eigenvalue weighted by molar-refractivity contribution is -0.151. The van der Waals surface area contributed by atoms with Gasteiger partial charge in [0.1, 0.15) is 0 Å². The smallest absolute Gasteiger partial charge is 0.309 e. The predicted octanol–water partition coefficient (Wildman–Crippen LogP) is 11.9. The van der Waals surface area contributed by atoms with Crippen molar-refractivity contribution in [2.45, 2.75) is 195 Å². The van der Waals surface area contributed by atoms with E-state index in [4.69, 9.17) is 0 Å². The van der Waals surface area contributed by atoms with Crippen LogP contribution < -0.4 is 0 Å². The van der Waals surface area contributed by atoms with E-state index >= 15 is 0 Å². The minimum absolute atomic E-state index is 0.478. The highest BCUT2D eigenvalue weighted by molar-refractivity contribution is 5.74. The molecule has 0 aromatic carbocycles. The normalized spacial score (nSPS) is 14.2. The van der Waals surface area contributed by atoms with E-state index in [1.54, 1.807) is 0 Å². The highest BCUT2D eigenvalue weighted by Crippen LogP contribution is 2.40. The maximum atomic E-state index is 12.6. The lowest BCUT2D eigenvalue weighted by Crippen LogP contribution is -2.33. The number of carboxylic acid groups (broad SMARTS) is 1. The molecule has 0 aliphatic heterocycles. The number of hydrogen-bond donors (Lipinski definition) is 1. The summed E-state index contributed by atoms with van der Waals surface area (Å²) in [5.74, 6) is 0.0210. The van der Waals surface area contributed by atoms with Crippen LogP contribution >= 0.6 is 0 Å². The summed E-state index contributed by atoms with van der Waals surface area (Å²) in [6.45, 7) is 9.10. The van der Waals surface area contributed by atoms with Crippen molar-refractivity contribution in [3.8, 4) is 0 Å². The zero-order valence-corrected chi connectivity index (χ0v) is 24.8. The van der Waals surface area contributed by atoms with Crippen molar-refractivity contribution in [1.29, 1.82) is 0 Å². The van der Waals surface area contributed by atoms with Gasteiger partial charge >= 0.3 is 5.97 Å². The minimum atomic E-state index is -0.508. The Morgan fingerprint density at radius 3 is 1.23 bits per heavy atom. The van der Waals surface area contributed by atoms with E-state index in [-0.39, 0.29) is 0 Å². The van der Waals surface area contributed by atoms with Crippen LogP contribution in [0.4, 0.5) is 0 Å². The van der Waals surface area contributed by atoms with Crippen LogP contribution in [0.1, 0.15) is 195 Å². The summed E-state index contributed by atoms with van der Waals surface area (Å²) >= 11 is 0. The Morgan fingerprint density at radius 2 is 0.857 bits per heavy atom. The molecular formula is C33H66O2. The van der Waals surface area contributed by atoms with Crippen molar-refractivity contribution in [2.24, 2.45) is 11.3 Å². The second-order valence-corrected chi connectivity index (χ2v) is 11.9. The fourth-order valence-electron chi connectivity index (χ4n) is 5.87. The Bertz CT molecular complexity index is 446. The van der Waals surface area contributed by atoms with Crippen LogP contribution in [0.3, 0.4) is 0 Å². The molecule has 35 heavy (non-hydrogen) atoms. The average Bonchev–Trinajstić information content (AvgIpc) is 2.84. The Hall–Kier alpha value is -0.530. The summed E-state index contributed by atoms with van der Waals surface area (Å²) in [4.78, 5) is 12.6. The molecule has 1 N–H and O–H groups in total. The summed E-state index contributed by atoms with van der Waals surface area (Å²) in [5, 5.41) is 10.4. The standard InChI is InChI=1S/C33H66O2/c1-5-8-11-14-16-17-18-19-20-21-23-26-29-33(32(34)35,28-25-13-10-7-3)30-31(4)27-24-22-15-12-9-6-2/h31H,5-30H2,1-4H3,(H,34,35). The Morgan fingerprint density at radius 1 is 0.543 bits per heavy atom. The Labute approximate surface area is 221 Å². The van der Waals surface area contributed by atoms with Gasteiger partial charge in [0.25, 0.3) is 0 Å². The van der Waals surface area contributed by atoms with Crippen LogP contribution in [0, 0.1) is 11.3 Å². The predicted molar refractivity (Wildman–Crippen MR) is 156 cm³/mol. The fraction of sp³-hybridized carbons (Fsp3) is 0.970. The third-order valence-corrected chi connectivity index (χ3v) is 8.26. The highest BCUT2D eigenvalue weighted by Gasteiger charge is 2.38. The fourth-order valence-corrected chi connectivity index (χ4v) is 5.87. The van der Waals surface area contributed by atoms with Gasteiger partial charge in [0, 0.05) is 0 Å². The van der Waals surface area contributed by atoms with Gasteiger partial charge in [0.05, 0.1) is 5.41 Å². The van der Waals surface area contributed by atoms with Gasteiger partial charge < -0.3 is 5.11 Å². The SMILES string of the molecule is CCCCCCCCCCCCCCC(CCCCCC)(CC(C)CCCCCCCC)C(=O)O. The third-order valence-electron chi connectivity index (χ3n) is 8.26. The zero-order chi connectivity index (χ0) is 26.0. The molecule has 0 radical (unpaired) electrons. The number of unbranched alkanes of at least 4 members (excludes halogenated alkanes) is 19. The molecule has 0 saturated heterocycles. The van der Waals surface area contributed by atoms with Crippen LogP contribution in [0.5, 0.6) is 0 Å². The van der Waals surface area contributed by atoms with E-state index in [1.807, 2.05) is 0 Å². The molecule has 2 nitrogen and oxygen atoms in total. The highest BCUT2D eigenvalue weighted by atomic mass is 16.4. The maximum absolute atomic E-state index is 12.6. The molecule has 0 aliphatic rings. The molecule has 0 amide bonds. The molecule has 0 fully saturated rings. The van der Waals surface area contributed by atoms with Crippen LogP contribution in [-0.4, -0.2) is 11.1 Å². The monoisotopic (exact) mass is 495 g/mol. The number of rotatable bonds is 28. The Kier molecular flexibility index (Phi) is 24.8. The first-order valence-electron chi connectivity index (χ1n) is 16.3. The molecule has 0 aromatic heterocycles. The van der Waals surface area contributed by atoms with Gasteiger partial charge in [-0.15, -0.1) is 0 Å². The lowest BCUT2D eigenvalue weighted by atomic mass is 9.71. The summed E-state index contributed by atoms with van der Waals surface area (Å²) in [6.07, 6.45) is 32.6. The molecule has 0 heterocycles. The van der Waals surface area contributed by atoms with Crippen LogP contribution in [0.25, 0.3) is 0 Å². The third kappa shape index (κ3) is 20.2. The van der Waals surface area contributed by atoms with Gasteiger partial charge in [-0.05, 0) is 25.2 Å². The first kappa shape index (κ1) is 34.5. The zero-order valence-electron chi connectivity index (χ0n) is 24.8. The van der Waals surface area contributed by atoms with Crippen molar-refractivity contribution in [3.05, 3.63) is 0 Å². The topological polar surface area (TPSA) is 37.3 Å². The molecule has 2 heteroatoms. The van der Waals surface area contributed by atoms with Crippen molar-refractivity contribution in [1.82, 2.24) is 0 Å². The quantitative estimate of drug-likeness (QED) is 0.110. The Balaban J connectivity index is 4.38. The first-order valence-corrected chi connectivity index (χ1v) is 16.3. The molecule has 0 aromatic rings. The molecule has 0 saturated carbocycles. The van der Waals surface area contributed by atoms with Crippen molar-refractivity contribution in [3.63, 3.8) is 0 Å². The van der Waals surface area contributed by atoms with Gasteiger partial charge in [-0.25, -0.2) is 0 Å². The largest absolute Gasteiger partial charge is 0.481 e.